The Kier molecular flexibility index (Phi) is 5.58. The highest BCUT2D eigenvalue weighted by Crippen LogP contribution is 2.15. The van der Waals surface area contributed by atoms with Gasteiger partial charge in [-0.3, -0.25) is 14.4 Å². The predicted molar refractivity (Wildman–Crippen MR) is 94.4 cm³/mol. The number of hydrogen-bond donors (Lipinski definition) is 0. The van der Waals surface area contributed by atoms with Crippen molar-refractivity contribution in [1.29, 1.82) is 0 Å². The summed E-state index contributed by atoms with van der Waals surface area (Å²) in [4.78, 5) is 41.9. The van der Waals surface area contributed by atoms with E-state index in [2.05, 4.69) is 0 Å². The van der Waals surface area contributed by atoms with E-state index in [1.807, 2.05) is 0 Å². The van der Waals surface area contributed by atoms with Crippen molar-refractivity contribution in [3.63, 3.8) is 0 Å². The Hall–Kier alpha value is -2.08. The number of carbonyl (C=O) groups excluding carboxylic acids is 3. The van der Waals surface area contributed by atoms with Crippen LogP contribution in [0.3, 0.4) is 0 Å². The molecule has 6 nitrogen and oxygen atoms in total. The van der Waals surface area contributed by atoms with Gasteiger partial charge in [0.25, 0.3) is 5.91 Å². The van der Waals surface area contributed by atoms with Crippen LogP contribution in [-0.2, 0) is 9.59 Å². The second kappa shape index (κ2) is 7.87. The molecule has 0 radical (unpaired) electrons. The number of hydrogen-bond acceptors (Lipinski definition) is 3. The molecule has 0 aliphatic carbocycles. The van der Waals surface area contributed by atoms with E-state index in [0.29, 0.717) is 49.7 Å². The zero-order valence-corrected chi connectivity index (χ0v) is 14.9. The highest BCUT2D eigenvalue weighted by atomic mass is 35.5. The van der Waals surface area contributed by atoms with Crippen LogP contribution in [0, 0.1) is 0 Å². The van der Waals surface area contributed by atoms with E-state index in [9.17, 15) is 14.4 Å². The number of amides is 3. The third-order valence-corrected chi connectivity index (χ3v) is 4.97. The first-order valence-corrected chi connectivity index (χ1v) is 9.03. The van der Waals surface area contributed by atoms with Gasteiger partial charge >= 0.3 is 0 Å². The zero-order chi connectivity index (χ0) is 17.8. The Morgan fingerprint density at radius 1 is 1.00 bits per heavy atom. The van der Waals surface area contributed by atoms with Crippen LogP contribution in [0.15, 0.2) is 24.3 Å². The lowest BCUT2D eigenvalue weighted by Gasteiger charge is -2.36. The van der Waals surface area contributed by atoms with Crippen molar-refractivity contribution >= 4 is 29.3 Å². The van der Waals surface area contributed by atoms with Crippen molar-refractivity contribution in [2.45, 2.75) is 19.3 Å². The zero-order valence-electron chi connectivity index (χ0n) is 14.1. The Morgan fingerprint density at radius 2 is 1.72 bits per heavy atom. The summed E-state index contributed by atoms with van der Waals surface area (Å²) in [5.74, 6) is -0.0414. The molecule has 0 saturated carbocycles. The minimum absolute atomic E-state index is 0.0369. The van der Waals surface area contributed by atoms with Crippen LogP contribution in [0.2, 0.25) is 5.02 Å². The molecule has 0 aromatic heterocycles. The second-order valence-electron chi connectivity index (χ2n) is 6.46. The predicted octanol–water partition coefficient (Wildman–Crippen LogP) is 1.64. The van der Waals surface area contributed by atoms with Crippen LogP contribution in [0.25, 0.3) is 0 Å². The lowest BCUT2D eigenvalue weighted by atomic mass is 10.1. The summed E-state index contributed by atoms with van der Waals surface area (Å²) in [5.41, 5.74) is 0.561. The normalized spacial score (nSPS) is 18.4. The summed E-state index contributed by atoms with van der Waals surface area (Å²) in [6.45, 7) is 2.79. The van der Waals surface area contributed by atoms with Crippen LogP contribution >= 0.6 is 11.6 Å². The lowest BCUT2D eigenvalue weighted by Crippen LogP contribution is -2.53. The molecular formula is C18H22ClN3O3. The van der Waals surface area contributed by atoms with Crippen molar-refractivity contribution in [3.8, 4) is 0 Å². The molecule has 7 heteroatoms. The van der Waals surface area contributed by atoms with Crippen molar-refractivity contribution < 1.29 is 14.4 Å². The van der Waals surface area contributed by atoms with Gasteiger partial charge in [-0.05, 0) is 31.0 Å². The molecule has 3 rings (SSSR count). The van der Waals surface area contributed by atoms with Crippen molar-refractivity contribution in [2.24, 2.45) is 0 Å². The Morgan fingerprint density at radius 3 is 2.40 bits per heavy atom. The number of rotatable bonds is 3. The van der Waals surface area contributed by atoms with E-state index in [1.165, 1.54) is 0 Å². The molecule has 2 saturated heterocycles. The molecule has 1 aromatic carbocycles. The van der Waals surface area contributed by atoms with E-state index in [4.69, 9.17) is 11.6 Å². The molecule has 2 aliphatic heterocycles. The van der Waals surface area contributed by atoms with Crippen LogP contribution in [0.5, 0.6) is 0 Å². The van der Waals surface area contributed by atoms with Gasteiger partial charge < -0.3 is 14.7 Å². The van der Waals surface area contributed by atoms with Gasteiger partial charge in [0.1, 0.15) is 0 Å². The summed E-state index contributed by atoms with van der Waals surface area (Å²) >= 11 is 5.94. The number of piperidine rings is 1. The van der Waals surface area contributed by atoms with Crippen molar-refractivity contribution in [1.82, 2.24) is 14.7 Å². The monoisotopic (exact) mass is 363 g/mol. The van der Waals surface area contributed by atoms with E-state index >= 15 is 0 Å². The summed E-state index contributed by atoms with van der Waals surface area (Å²) in [6, 6.07) is 6.89. The van der Waals surface area contributed by atoms with E-state index in [0.717, 1.165) is 12.8 Å². The van der Waals surface area contributed by atoms with Crippen molar-refractivity contribution in [2.75, 3.05) is 39.3 Å². The maximum Gasteiger partial charge on any atom is 0.254 e. The highest BCUT2D eigenvalue weighted by Gasteiger charge is 2.27. The third-order valence-electron chi connectivity index (χ3n) is 4.74. The van der Waals surface area contributed by atoms with E-state index in [1.54, 1.807) is 39.0 Å². The molecule has 2 aliphatic rings. The summed E-state index contributed by atoms with van der Waals surface area (Å²) in [7, 11) is 0. The van der Waals surface area contributed by atoms with Gasteiger partial charge in [0.2, 0.25) is 11.8 Å². The van der Waals surface area contributed by atoms with Crippen LogP contribution < -0.4 is 0 Å². The average molecular weight is 364 g/mol. The number of halogens is 1. The van der Waals surface area contributed by atoms with Gasteiger partial charge in [-0.1, -0.05) is 17.7 Å². The molecule has 0 bridgehead atoms. The molecule has 25 heavy (non-hydrogen) atoms. The minimum atomic E-state index is -0.0687. The average Bonchev–Trinajstić information content (AvgIpc) is 2.63. The fourth-order valence-corrected chi connectivity index (χ4v) is 3.45. The van der Waals surface area contributed by atoms with Gasteiger partial charge in [0.15, 0.2) is 0 Å². The number of piperazine rings is 1. The molecule has 0 atom stereocenters. The van der Waals surface area contributed by atoms with Gasteiger partial charge in [0.05, 0.1) is 6.54 Å². The Balaban J connectivity index is 1.52. The maximum atomic E-state index is 12.5. The van der Waals surface area contributed by atoms with E-state index in [-0.39, 0.29) is 24.3 Å². The molecule has 1 aromatic rings. The first kappa shape index (κ1) is 17.7. The van der Waals surface area contributed by atoms with Gasteiger partial charge in [-0.15, -0.1) is 0 Å². The first-order chi connectivity index (χ1) is 12.0. The van der Waals surface area contributed by atoms with Gasteiger partial charge in [0, 0.05) is 49.7 Å². The van der Waals surface area contributed by atoms with Crippen LogP contribution in [0.1, 0.15) is 29.6 Å². The fraction of sp³-hybridized carbons (Fsp3) is 0.500. The lowest BCUT2D eigenvalue weighted by molar-refractivity contribution is -0.142. The third kappa shape index (κ3) is 4.31. The Labute approximate surface area is 152 Å². The molecule has 0 unspecified atom stereocenters. The van der Waals surface area contributed by atoms with Crippen LogP contribution in [0.4, 0.5) is 0 Å². The molecule has 3 amide bonds. The molecule has 0 N–H and O–H groups in total. The smallest absolute Gasteiger partial charge is 0.254 e. The molecule has 134 valence electrons. The summed E-state index contributed by atoms with van der Waals surface area (Å²) in [5, 5.41) is 0.533. The first-order valence-electron chi connectivity index (χ1n) is 8.65. The SMILES string of the molecule is O=C(CN1CCCCC1=O)N1CCN(C(=O)c2cccc(Cl)c2)CC1. The maximum absolute atomic E-state index is 12.5. The number of carbonyl (C=O) groups is 3. The number of nitrogens with zero attached hydrogens (tertiary/aromatic N) is 3. The standard InChI is InChI=1S/C18H22ClN3O3/c19-15-5-3-4-14(12-15)18(25)21-10-8-20(9-11-21)17(24)13-22-7-2-1-6-16(22)23/h3-5,12H,1-2,6-11,13H2. The quantitative estimate of drug-likeness (QED) is 0.820. The number of likely N-dealkylation sites (tertiary alicyclic amines) is 1. The summed E-state index contributed by atoms with van der Waals surface area (Å²) in [6.07, 6.45) is 2.41. The minimum Gasteiger partial charge on any atom is -0.338 e. The number of benzene rings is 1. The highest BCUT2D eigenvalue weighted by molar-refractivity contribution is 6.30. The molecular weight excluding hydrogens is 342 g/mol. The topological polar surface area (TPSA) is 60.9 Å². The van der Waals surface area contributed by atoms with Crippen molar-refractivity contribution in [3.05, 3.63) is 34.9 Å². The van der Waals surface area contributed by atoms with Gasteiger partial charge in [-0.2, -0.15) is 0 Å². The molecule has 0 spiro atoms. The largest absolute Gasteiger partial charge is 0.338 e. The second-order valence-corrected chi connectivity index (χ2v) is 6.89. The fourth-order valence-electron chi connectivity index (χ4n) is 3.26. The van der Waals surface area contributed by atoms with E-state index < -0.39 is 0 Å². The molecule has 2 fully saturated rings. The Bertz CT molecular complexity index is 671. The summed E-state index contributed by atoms with van der Waals surface area (Å²) < 4.78 is 0. The van der Waals surface area contributed by atoms with Gasteiger partial charge in [-0.25, -0.2) is 0 Å². The van der Waals surface area contributed by atoms with Crippen LogP contribution in [-0.4, -0.2) is 71.7 Å². The molecule has 2 heterocycles.